The summed E-state index contributed by atoms with van der Waals surface area (Å²) in [7, 11) is 0. The number of benzene rings is 2. The Morgan fingerprint density at radius 1 is 1.08 bits per heavy atom. The third-order valence-electron chi connectivity index (χ3n) is 4.23. The van der Waals surface area contributed by atoms with E-state index in [9.17, 15) is 4.79 Å². The molecule has 0 spiro atoms. The van der Waals surface area contributed by atoms with Crippen molar-refractivity contribution in [1.29, 1.82) is 0 Å². The monoisotopic (exact) mass is 348 g/mol. The van der Waals surface area contributed by atoms with Crippen LogP contribution in [0.25, 0.3) is 10.9 Å². The minimum Gasteiger partial charge on any atom is -0.494 e. The van der Waals surface area contributed by atoms with Gasteiger partial charge in [0, 0.05) is 23.7 Å². The van der Waals surface area contributed by atoms with Crippen LogP contribution in [-0.2, 0) is 6.54 Å². The lowest BCUT2D eigenvalue weighted by atomic mass is 10.1. The van der Waals surface area contributed by atoms with Gasteiger partial charge in [0.1, 0.15) is 5.75 Å². The van der Waals surface area contributed by atoms with Gasteiger partial charge in [-0.15, -0.1) is 0 Å². The molecule has 26 heavy (non-hydrogen) atoms. The molecule has 0 unspecified atom stereocenters. The molecule has 1 aromatic heterocycles. The van der Waals surface area contributed by atoms with Crippen molar-refractivity contribution in [1.82, 2.24) is 10.3 Å². The topological polar surface area (TPSA) is 51.2 Å². The number of fused-ring (bicyclic) bond motifs is 1. The molecule has 0 aliphatic carbocycles. The Hall–Kier alpha value is -2.88. The molecule has 0 saturated heterocycles. The Balaban J connectivity index is 1.58. The molecular formula is C22H24N2O2. The molecule has 0 bridgehead atoms. The third kappa shape index (κ3) is 4.82. The van der Waals surface area contributed by atoms with Crippen LogP contribution in [-0.4, -0.2) is 17.5 Å². The fourth-order valence-electron chi connectivity index (χ4n) is 2.79. The minimum absolute atomic E-state index is 0.0926. The normalized spacial score (nSPS) is 10.7. The summed E-state index contributed by atoms with van der Waals surface area (Å²) < 4.78 is 5.77. The van der Waals surface area contributed by atoms with E-state index in [0.29, 0.717) is 12.1 Å². The summed E-state index contributed by atoms with van der Waals surface area (Å²) in [4.78, 5) is 16.7. The summed E-state index contributed by atoms with van der Waals surface area (Å²) in [5.74, 6) is 0.759. The Kier molecular flexibility index (Phi) is 6.20. The highest BCUT2D eigenvalue weighted by Crippen LogP contribution is 2.15. The van der Waals surface area contributed by atoms with Gasteiger partial charge in [-0.1, -0.05) is 38.0 Å². The number of ether oxygens (including phenoxy) is 1. The Bertz CT molecular complexity index is 877. The molecule has 0 aliphatic heterocycles. The standard InChI is InChI=1S/C22H24N2O2/c1-2-3-4-13-26-20-9-5-7-17(14-20)16-24-22(25)19-10-11-21-18(15-19)8-6-12-23-21/h5-12,14-15H,2-4,13,16H2,1H3,(H,24,25). The number of carbonyl (C=O) groups excluding carboxylic acids is 1. The van der Waals surface area contributed by atoms with Crippen molar-refractivity contribution in [2.45, 2.75) is 32.7 Å². The molecule has 2 aromatic carbocycles. The van der Waals surface area contributed by atoms with Gasteiger partial charge in [0.05, 0.1) is 12.1 Å². The molecule has 0 aliphatic rings. The molecule has 134 valence electrons. The number of hydrogen-bond acceptors (Lipinski definition) is 3. The molecule has 3 rings (SSSR count). The van der Waals surface area contributed by atoms with Crippen molar-refractivity contribution in [2.24, 2.45) is 0 Å². The average Bonchev–Trinajstić information content (AvgIpc) is 2.69. The zero-order chi connectivity index (χ0) is 18.2. The first-order valence-corrected chi connectivity index (χ1v) is 9.11. The number of unbranched alkanes of at least 4 members (excludes halogenated alkanes) is 2. The molecule has 0 saturated carbocycles. The molecule has 0 fully saturated rings. The first-order valence-electron chi connectivity index (χ1n) is 9.11. The fraction of sp³-hybridized carbons (Fsp3) is 0.273. The van der Waals surface area contributed by atoms with Crippen LogP contribution in [0.1, 0.15) is 42.1 Å². The zero-order valence-electron chi connectivity index (χ0n) is 15.1. The van der Waals surface area contributed by atoms with Gasteiger partial charge in [-0.2, -0.15) is 0 Å². The molecule has 0 atom stereocenters. The molecule has 1 amide bonds. The predicted octanol–water partition coefficient (Wildman–Crippen LogP) is 4.73. The molecule has 4 heteroatoms. The Morgan fingerprint density at radius 3 is 2.88 bits per heavy atom. The van der Waals surface area contributed by atoms with Crippen molar-refractivity contribution in [3.8, 4) is 5.75 Å². The summed E-state index contributed by atoms with van der Waals surface area (Å²) >= 11 is 0. The van der Waals surface area contributed by atoms with Crippen LogP contribution in [0.5, 0.6) is 5.75 Å². The van der Waals surface area contributed by atoms with Gasteiger partial charge < -0.3 is 10.1 Å². The minimum atomic E-state index is -0.0926. The van der Waals surface area contributed by atoms with E-state index < -0.39 is 0 Å². The number of nitrogens with one attached hydrogen (secondary N) is 1. The van der Waals surface area contributed by atoms with Gasteiger partial charge in [-0.3, -0.25) is 9.78 Å². The Morgan fingerprint density at radius 2 is 2.00 bits per heavy atom. The molecule has 1 N–H and O–H groups in total. The molecule has 3 aromatic rings. The summed E-state index contributed by atoms with van der Waals surface area (Å²) in [5.41, 5.74) is 2.54. The second-order valence-corrected chi connectivity index (χ2v) is 6.30. The van der Waals surface area contributed by atoms with E-state index in [-0.39, 0.29) is 5.91 Å². The maximum Gasteiger partial charge on any atom is 0.251 e. The van der Waals surface area contributed by atoms with E-state index in [4.69, 9.17) is 4.74 Å². The molecule has 1 heterocycles. The summed E-state index contributed by atoms with van der Waals surface area (Å²) in [6.07, 6.45) is 5.17. The van der Waals surface area contributed by atoms with Gasteiger partial charge in [0.25, 0.3) is 5.91 Å². The van der Waals surface area contributed by atoms with Crippen LogP contribution in [0.15, 0.2) is 60.8 Å². The number of nitrogens with zero attached hydrogens (tertiary/aromatic N) is 1. The summed E-state index contributed by atoms with van der Waals surface area (Å²) in [6, 6.07) is 17.2. The number of carbonyl (C=O) groups is 1. The second-order valence-electron chi connectivity index (χ2n) is 6.30. The number of aromatic nitrogens is 1. The van der Waals surface area contributed by atoms with Crippen molar-refractivity contribution in [3.63, 3.8) is 0 Å². The van der Waals surface area contributed by atoms with Gasteiger partial charge in [-0.25, -0.2) is 0 Å². The van der Waals surface area contributed by atoms with Crippen molar-refractivity contribution < 1.29 is 9.53 Å². The van der Waals surface area contributed by atoms with Crippen LogP contribution in [0.3, 0.4) is 0 Å². The van der Waals surface area contributed by atoms with Crippen molar-refractivity contribution in [3.05, 3.63) is 71.9 Å². The molecule has 4 nitrogen and oxygen atoms in total. The quantitative estimate of drug-likeness (QED) is 0.599. The van der Waals surface area contributed by atoms with Gasteiger partial charge >= 0.3 is 0 Å². The van der Waals surface area contributed by atoms with Gasteiger partial charge in [0.15, 0.2) is 0 Å². The summed E-state index contributed by atoms with van der Waals surface area (Å²) in [6.45, 7) is 3.38. The van der Waals surface area contributed by atoms with Crippen molar-refractivity contribution in [2.75, 3.05) is 6.61 Å². The van der Waals surface area contributed by atoms with E-state index in [1.165, 1.54) is 12.8 Å². The van der Waals surface area contributed by atoms with Crippen LogP contribution in [0.4, 0.5) is 0 Å². The lowest BCUT2D eigenvalue weighted by molar-refractivity contribution is 0.0951. The van der Waals surface area contributed by atoms with Crippen LogP contribution < -0.4 is 10.1 Å². The number of hydrogen-bond donors (Lipinski definition) is 1. The zero-order valence-corrected chi connectivity index (χ0v) is 15.1. The van der Waals surface area contributed by atoms with E-state index in [0.717, 1.165) is 35.2 Å². The van der Waals surface area contributed by atoms with Gasteiger partial charge in [-0.05, 0) is 48.4 Å². The maximum atomic E-state index is 12.4. The van der Waals surface area contributed by atoms with E-state index in [1.807, 2.05) is 48.5 Å². The average molecular weight is 348 g/mol. The lowest BCUT2D eigenvalue weighted by Crippen LogP contribution is -2.22. The fourth-order valence-corrected chi connectivity index (χ4v) is 2.79. The van der Waals surface area contributed by atoms with E-state index in [1.54, 1.807) is 12.3 Å². The molecular weight excluding hydrogens is 324 g/mol. The van der Waals surface area contributed by atoms with E-state index in [2.05, 4.69) is 17.2 Å². The van der Waals surface area contributed by atoms with Gasteiger partial charge in [0.2, 0.25) is 0 Å². The van der Waals surface area contributed by atoms with E-state index >= 15 is 0 Å². The van der Waals surface area contributed by atoms with Crippen LogP contribution >= 0.6 is 0 Å². The number of amides is 1. The number of rotatable bonds is 8. The SMILES string of the molecule is CCCCCOc1cccc(CNC(=O)c2ccc3ncccc3c2)c1. The number of pyridine rings is 1. The first kappa shape index (κ1) is 17.9. The Labute approximate surface area is 154 Å². The first-order chi connectivity index (χ1) is 12.8. The lowest BCUT2D eigenvalue weighted by Gasteiger charge is -2.09. The highest BCUT2D eigenvalue weighted by Gasteiger charge is 2.07. The van der Waals surface area contributed by atoms with Crippen LogP contribution in [0, 0.1) is 0 Å². The summed E-state index contributed by atoms with van der Waals surface area (Å²) in [5, 5.41) is 3.93. The second kappa shape index (κ2) is 8.99. The largest absolute Gasteiger partial charge is 0.494 e. The maximum absolute atomic E-state index is 12.4. The smallest absolute Gasteiger partial charge is 0.251 e. The van der Waals surface area contributed by atoms with Crippen molar-refractivity contribution >= 4 is 16.8 Å². The highest BCUT2D eigenvalue weighted by atomic mass is 16.5. The molecule has 0 radical (unpaired) electrons. The van der Waals surface area contributed by atoms with Crippen LogP contribution in [0.2, 0.25) is 0 Å². The third-order valence-corrected chi connectivity index (χ3v) is 4.23. The highest BCUT2D eigenvalue weighted by molar-refractivity contribution is 5.97. The predicted molar refractivity (Wildman–Crippen MR) is 104 cm³/mol.